The largest absolute Gasteiger partial charge is 0.481 e. The van der Waals surface area contributed by atoms with Crippen molar-refractivity contribution >= 4 is 26.0 Å². The number of carbonyl (C=O) groups excluding carboxylic acids is 1. The van der Waals surface area contributed by atoms with E-state index in [2.05, 4.69) is 4.98 Å². The van der Waals surface area contributed by atoms with Crippen LogP contribution in [-0.4, -0.2) is 50.2 Å². The minimum atomic E-state index is -9.89. The number of pyridine rings is 1. The number of amides is 1. The second-order valence-corrected chi connectivity index (χ2v) is 11.9. The smallest absolute Gasteiger partial charge is 0.310 e. The van der Waals surface area contributed by atoms with Crippen molar-refractivity contribution in [3.8, 4) is 5.88 Å². The van der Waals surface area contributed by atoms with Crippen molar-refractivity contribution < 1.29 is 42.1 Å². The zero-order valence-corrected chi connectivity index (χ0v) is 19.5. The number of hydrogen-bond donors (Lipinski definition) is 0. The van der Waals surface area contributed by atoms with Crippen LogP contribution >= 0.6 is 10.2 Å². The summed E-state index contributed by atoms with van der Waals surface area (Å²) in [6.07, 6.45) is 1.26. The molecule has 0 bridgehead atoms. The first kappa shape index (κ1) is 25.9. The number of benzene rings is 1. The summed E-state index contributed by atoms with van der Waals surface area (Å²) in [4.78, 5) is 16.4. The predicted octanol–water partition coefficient (Wildman–Crippen LogP) is 4.77. The first-order chi connectivity index (χ1) is 15.5. The van der Waals surface area contributed by atoms with Gasteiger partial charge in [-0.3, -0.25) is 4.79 Å². The van der Waals surface area contributed by atoms with Gasteiger partial charge in [-0.1, -0.05) is 31.6 Å². The maximum Gasteiger partial charge on any atom is 0.310 e. The van der Waals surface area contributed by atoms with E-state index < -0.39 is 48.8 Å². The van der Waals surface area contributed by atoms with Gasteiger partial charge in [-0.15, -0.1) is 0 Å². The standard InChI is InChI=1S/C20H21F5N2O5S2/c1-31-18-11-14(7-9-26-18)12-27(16-8-10-33(29,30)13-16)20(28)19(32-2)15-3-5-17(6-4-15)34(21,22,23,24)25/h3-11,16,19H,12-13H2,1-2H3. The van der Waals surface area contributed by atoms with Crippen LogP contribution in [0.15, 0.2) is 59.0 Å². The Morgan fingerprint density at radius 1 is 1.15 bits per heavy atom. The molecule has 2 aromatic rings. The van der Waals surface area contributed by atoms with Crippen LogP contribution < -0.4 is 4.74 Å². The van der Waals surface area contributed by atoms with Gasteiger partial charge in [0.25, 0.3) is 5.91 Å². The van der Waals surface area contributed by atoms with E-state index in [9.17, 15) is 32.6 Å². The van der Waals surface area contributed by atoms with Gasteiger partial charge in [0.05, 0.1) is 18.9 Å². The topological polar surface area (TPSA) is 85.8 Å². The molecule has 0 N–H and O–H groups in total. The number of rotatable bonds is 8. The molecule has 0 aliphatic carbocycles. The Kier molecular flexibility index (Phi) is 6.25. The van der Waals surface area contributed by atoms with Crippen LogP contribution in [0.5, 0.6) is 5.88 Å². The lowest BCUT2D eigenvalue weighted by Gasteiger charge is -2.40. The van der Waals surface area contributed by atoms with Gasteiger partial charge in [-0.25, -0.2) is 13.4 Å². The van der Waals surface area contributed by atoms with Crippen molar-refractivity contribution in [1.29, 1.82) is 0 Å². The summed E-state index contributed by atoms with van der Waals surface area (Å²) in [6.45, 7) is -0.106. The monoisotopic (exact) mass is 528 g/mol. The number of halogens is 5. The lowest BCUT2D eigenvalue weighted by atomic mass is 10.1. The van der Waals surface area contributed by atoms with Crippen LogP contribution in [0.25, 0.3) is 0 Å². The van der Waals surface area contributed by atoms with E-state index in [0.29, 0.717) is 5.56 Å². The number of sulfone groups is 1. The number of nitrogens with zero attached hydrogens (tertiary/aromatic N) is 2. The lowest BCUT2D eigenvalue weighted by molar-refractivity contribution is -0.144. The molecule has 7 nitrogen and oxygen atoms in total. The third kappa shape index (κ3) is 6.04. The summed E-state index contributed by atoms with van der Waals surface area (Å²) in [5.74, 6) is -0.930. The summed E-state index contributed by atoms with van der Waals surface area (Å²) in [5, 5.41) is 0.969. The van der Waals surface area contributed by atoms with Crippen molar-refractivity contribution in [3.05, 3.63) is 65.2 Å². The molecule has 0 spiro atoms. The third-order valence-electron chi connectivity index (χ3n) is 5.04. The normalized spacial score (nSPS) is 20.3. The molecule has 3 rings (SSSR count). The molecule has 1 aromatic heterocycles. The van der Waals surface area contributed by atoms with Crippen LogP contribution in [0.4, 0.5) is 19.4 Å². The first-order valence-corrected chi connectivity index (χ1v) is 13.3. The Labute approximate surface area is 192 Å². The maximum atomic E-state index is 13.4. The van der Waals surface area contributed by atoms with E-state index in [1.165, 1.54) is 30.3 Å². The Morgan fingerprint density at radius 3 is 2.29 bits per heavy atom. The molecule has 1 aliphatic rings. The number of aromatic nitrogens is 1. The lowest BCUT2D eigenvalue weighted by Crippen LogP contribution is -2.43. The van der Waals surface area contributed by atoms with Gasteiger partial charge < -0.3 is 14.4 Å². The van der Waals surface area contributed by atoms with E-state index in [4.69, 9.17) is 9.47 Å². The van der Waals surface area contributed by atoms with Gasteiger partial charge in [-0.05, 0) is 35.4 Å². The zero-order valence-electron chi connectivity index (χ0n) is 17.9. The van der Waals surface area contributed by atoms with Gasteiger partial charge in [0.1, 0.15) is 4.90 Å². The zero-order chi connectivity index (χ0) is 25.4. The number of hydrogen-bond acceptors (Lipinski definition) is 6. The molecule has 1 aromatic carbocycles. The molecule has 0 radical (unpaired) electrons. The van der Waals surface area contributed by atoms with Crippen molar-refractivity contribution in [3.63, 3.8) is 0 Å². The first-order valence-electron chi connectivity index (χ1n) is 9.60. The summed E-state index contributed by atoms with van der Waals surface area (Å²) in [5.41, 5.74) is 0.421. The molecule has 14 heteroatoms. The fourth-order valence-corrected chi connectivity index (χ4v) is 5.35. The molecule has 188 valence electrons. The van der Waals surface area contributed by atoms with E-state index in [-0.39, 0.29) is 30.1 Å². The molecule has 0 saturated heterocycles. The molecule has 34 heavy (non-hydrogen) atoms. The van der Waals surface area contributed by atoms with Crippen LogP contribution in [0.2, 0.25) is 0 Å². The number of methoxy groups -OCH3 is 2. The highest BCUT2D eigenvalue weighted by atomic mass is 32.5. The second-order valence-electron chi connectivity index (χ2n) is 7.55. The molecule has 0 fully saturated rings. The van der Waals surface area contributed by atoms with Crippen molar-refractivity contribution in [2.75, 3.05) is 20.0 Å². The minimum Gasteiger partial charge on any atom is -0.481 e. The van der Waals surface area contributed by atoms with Gasteiger partial charge >= 0.3 is 10.2 Å². The summed E-state index contributed by atoms with van der Waals surface area (Å²) in [7, 11) is -11.0. The molecule has 2 heterocycles. The summed E-state index contributed by atoms with van der Waals surface area (Å²) < 4.78 is 99.4. The quantitative estimate of drug-likeness (QED) is 0.459. The molecule has 2 unspecified atom stereocenters. The van der Waals surface area contributed by atoms with Gasteiger partial charge in [0, 0.05) is 31.3 Å². The summed E-state index contributed by atoms with van der Waals surface area (Å²) >= 11 is 0. The fraction of sp³-hybridized carbons (Fsp3) is 0.300. The van der Waals surface area contributed by atoms with E-state index in [0.717, 1.165) is 24.7 Å². The fourth-order valence-electron chi connectivity index (χ4n) is 3.40. The van der Waals surface area contributed by atoms with Gasteiger partial charge in [-0.2, -0.15) is 0 Å². The predicted molar refractivity (Wildman–Crippen MR) is 116 cm³/mol. The van der Waals surface area contributed by atoms with Crippen molar-refractivity contribution in [2.24, 2.45) is 0 Å². The molecule has 0 saturated carbocycles. The minimum absolute atomic E-state index is 0.106. The second kappa shape index (κ2) is 8.20. The number of ether oxygens (including phenoxy) is 2. The van der Waals surface area contributed by atoms with E-state index >= 15 is 0 Å². The molecular formula is C20H21F5N2O5S2. The Hall–Kier alpha value is -2.71. The number of carbonyl (C=O) groups is 1. The molecule has 1 amide bonds. The van der Waals surface area contributed by atoms with Crippen LogP contribution in [0.1, 0.15) is 17.2 Å². The van der Waals surface area contributed by atoms with E-state index in [1.807, 2.05) is 0 Å². The average molecular weight is 529 g/mol. The van der Waals surface area contributed by atoms with E-state index in [1.54, 1.807) is 6.07 Å². The molecule has 2 atom stereocenters. The molecule has 1 aliphatic heterocycles. The molecular weight excluding hydrogens is 507 g/mol. The van der Waals surface area contributed by atoms with Crippen molar-refractivity contribution in [2.45, 2.75) is 23.6 Å². The maximum absolute atomic E-state index is 13.4. The SMILES string of the molecule is COc1cc(CN(C(=O)C(OC)c2ccc(S(F)(F)(F)(F)F)cc2)C2C=CS(=O)(=O)C2)ccn1. The van der Waals surface area contributed by atoms with Crippen LogP contribution in [-0.2, 0) is 25.9 Å². The van der Waals surface area contributed by atoms with Crippen LogP contribution in [0.3, 0.4) is 0 Å². The van der Waals surface area contributed by atoms with Crippen LogP contribution in [0, 0.1) is 0 Å². The third-order valence-corrected chi connectivity index (χ3v) is 7.59. The average Bonchev–Trinajstić information content (AvgIpc) is 3.10. The highest BCUT2D eigenvalue weighted by Crippen LogP contribution is 3.02. The Bertz CT molecular complexity index is 1220. The highest BCUT2D eigenvalue weighted by molar-refractivity contribution is 8.45. The Morgan fingerprint density at radius 2 is 1.79 bits per heavy atom. The highest BCUT2D eigenvalue weighted by Gasteiger charge is 2.65. The van der Waals surface area contributed by atoms with Gasteiger partial charge in [0.15, 0.2) is 15.9 Å². The Balaban J connectivity index is 1.96. The summed E-state index contributed by atoms with van der Waals surface area (Å²) in [6, 6.07) is 4.04. The van der Waals surface area contributed by atoms with Gasteiger partial charge in [0.2, 0.25) is 5.88 Å². The van der Waals surface area contributed by atoms with Crippen molar-refractivity contribution in [1.82, 2.24) is 9.88 Å².